The molecule has 4 N–H and O–H groups in total. The normalized spacial score (nSPS) is 12.2. The van der Waals surface area contributed by atoms with Crippen LogP contribution in [0.3, 0.4) is 0 Å². The lowest BCUT2D eigenvalue weighted by molar-refractivity contribution is -0.151. The molecular formula is C20H29N3O5. The number of benzene rings is 1. The van der Waals surface area contributed by atoms with E-state index in [2.05, 4.69) is 31.4 Å². The summed E-state index contributed by atoms with van der Waals surface area (Å²) in [5.41, 5.74) is 6.40. The van der Waals surface area contributed by atoms with Crippen molar-refractivity contribution in [3.8, 4) is 0 Å². The number of ether oxygens (including phenoxy) is 1. The van der Waals surface area contributed by atoms with Crippen LogP contribution in [-0.4, -0.2) is 42.9 Å². The average molecular weight is 391 g/mol. The van der Waals surface area contributed by atoms with E-state index < -0.39 is 36.3 Å². The fourth-order valence-electron chi connectivity index (χ4n) is 2.31. The highest BCUT2D eigenvalue weighted by Crippen LogP contribution is 2.22. The van der Waals surface area contributed by atoms with Gasteiger partial charge in [0, 0.05) is 5.56 Å². The molecule has 154 valence electrons. The molecule has 0 aromatic heterocycles. The van der Waals surface area contributed by atoms with Gasteiger partial charge in [-0.2, -0.15) is 0 Å². The largest absolute Gasteiger partial charge is 0.454 e. The van der Waals surface area contributed by atoms with Crippen molar-refractivity contribution >= 4 is 23.7 Å². The Hall–Kier alpha value is -2.90. The highest BCUT2D eigenvalue weighted by Gasteiger charge is 2.27. The topological polar surface area (TPSA) is 128 Å². The van der Waals surface area contributed by atoms with E-state index >= 15 is 0 Å². The van der Waals surface area contributed by atoms with E-state index in [4.69, 9.17) is 10.5 Å². The molecule has 0 aliphatic rings. The first kappa shape index (κ1) is 23.1. The van der Waals surface area contributed by atoms with Crippen molar-refractivity contribution in [3.05, 3.63) is 35.4 Å². The maximum Gasteiger partial charge on any atom is 0.329 e. The first-order valence-electron chi connectivity index (χ1n) is 9.05. The summed E-state index contributed by atoms with van der Waals surface area (Å²) in [6, 6.07) is 6.24. The Balaban J connectivity index is 2.70. The summed E-state index contributed by atoms with van der Waals surface area (Å²) in [5.74, 6) is -2.75. The molecule has 0 saturated carbocycles. The number of primary amides is 1. The lowest BCUT2D eigenvalue weighted by Gasteiger charge is -2.22. The van der Waals surface area contributed by atoms with Crippen LogP contribution in [0.5, 0.6) is 0 Å². The van der Waals surface area contributed by atoms with Crippen molar-refractivity contribution in [1.82, 2.24) is 10.6 Å². The van der Waals surface area contributed by atoms with Gasteiger partial charge in [0.2, 0.25) is 5.91 Å². The molecule has 8 nitrogen and oxygen atoms in total. The molecule has 0 saturated heterocycles. The molecule has 3 amide bonds. The first-order chi connectivity index (χ1) is 12.9. The van der Waals surface area contributed by atoms with E-state index in [1.54, 1.807) is 26.0 Å². The summed E-state index contributed by atoms with van der Waals surface area (Å²) in [6.45, 7) is 8.83. The molecule has 1 atom stereocenters. The molecule has 0 radical (unpaired) electrons. The van der Waals surface area contributed by atoms with Crippen LogP contribution >= 0.6 is 0 Å². The number of amides is 3. The van der Waals surface area contributed by atoms with Crippen molar-refractivity contribution < 1.29 is 23.9 Å². The smallest absolute Gasteiger partial charge is 0.329 e. The van der Waals surface area contributed by atoms with Gasteiger partial charge in [0.05, 0.1) is 6.54 Å². The quantitative estimate of drug-likeness (QED) is 0.567. The van der Waals surface area contributed by atoms with Gasteiger partial charge in [0.15, 0.2) is 6.61 Å². The minimum absolute atomic E-state index is 0.0334. The number of hydrogen-bond donors (Lipinski definition) is 3. The first-order valence-corrected chi connectivity index (χ1v) is 9.05. The minimum Gasteiger partial charge on any atom is -0.454 e. The second-order valence-electron chi connectivity index (χ2n) is 7.87. The summed E-state index contributed by atoms with van der Waals surface area (Å²) in [5, 5.41) is 4.86. The van der Waals surface area contributed by atoms with Gasteiger partial charge in [-0.15, -0.1) is 0 Å². The van der Waals surface area contributed by atoms with Crippen LogP contribution in [0.2, 0.25) is 0 Å². The summed E-state index contributed by atoms with van der Waals surface area (Å²) >= 11 is 0. The third kappa shape index (κ3) is 7.38. The van der Waals surface area contributed by atoms with Crippen LogP contribution in [0.15, 0.2) is 24.3 Å². The van der Waals surface area contributed by atoms with E-state index in [9.17, 15) is 19.2 Å². The zero-order valence-corrected chi connectivity index (χ0v) is 17.0. The number of nitrogens with two attached hydrogens (primary N) is 1. The van der Waals surface area contributed by atoms with Gasteiger partial charge < -0.3 is 21.1 Å². The SMILES string of the molecule is CC(C)[C@H](NC(=O)c1ccc(C(C)(C)C)cc1)C(=O)OCC(=O)NCC(N)=O. The Morgan fingerprint density at radius 3 is 2.11 bits per heavy atom. The Morgan fingerprint density at radius 1 is 1.07 bits per heavy atom. The molecule has 28 heavy (non-hydrogen) atoms. The van der Waals surface area contributed by atoms with E-state index in [-0.39, 0.29) is 17.9 Å². The molecular weight excluding hydrogens is 362 g/mol. The van der Waals surface area contributed by atoms with Gasteiger partial charge >= 0.3 is 5.97 Å². The van der Waals surface area contributed by atoms with Gasteiger partial charge in [-0.25, -0.2) is 4.79 Å². The Labute approximate surface area is 165 Å². The van der Waals surface area contributed by atoms with E-state index in [1.165, 1.54) is 0 Å². The predicted octanol–water partition coefficient (Wildman–Crippen LogP) is 0.883. The highest BCUT2D eigenvalue weighted by molar-refractivity contribution is 5.97. The molecule has 1 rings (SSSR count). The van der Waals surface area contributed by atoms with Crippen LogP contribution < -0.4 is 16.4 Å². The molecule has 0 spiro atoms. The minimum atomic E-state index is -0.918. The molecule has 0 unspecified atom stereocenters. The van der Waals surface area contributed by atoms with Crippen molar-refractivity contribution in [1.29, 1.82) is 0 Å². The van der Waals surface area contributed by atoms with Crippen molar-refractivity contribution in [2.75, 3.05) is 13.2 Å². The fourth-order valence-corrected chi connectivity index (χ4v) is 2.31. The number of esters is 1. The lowest BCUT2D eigenvalue weighted by Crippen LogP contribution is -2.46. The zero-order chi connectivity index (χ0) is 21.5. The lowest BCUT2D eigenvalue weighted by atomic mass is 9.86. The van der Waals surface area contributed by atoms with Gasteiger partial charge in [0.25, 0.3) is 11.8 Å². The standard InChI is InChI=1S/C20H29N3O5/c1-12(2)17(19(27)28-11-16(25)22-10-15(21)24)23-18(26)13-6-8-14(9-7-13)20(3,4)5/h6-9,12,17H,10-11H2,1-5H3,(H2,21,24)(H,22,25)(H,23,26)/t17-/m0/s1. The molecule has 1 aromatic carbocycles. The van der Waals surface area contributed by atoms with E-state index in [1.807, 2.05) is 12.1 Å². The zero-order valence-electron chi connectivity index (χ0n) is 17.0. The Kier molecular flexibility index (Phi) is 8.16. The van der Waals surface area contributed by atoms with Crippen LogP contribution in [0.1, 0.15) is 50.5 Å². The molecule has 8 heteroatoms. The second kappa shape index (κ2) is 9.87. The molecule has 1 aromatic rings. The van der Waals surface area contributed by atoms with E-state index in [0.29, 0.717) is 5.56 Å². The number of hydrogen-bond acceptors (Lipinski definition) is 5. The summed E-state index contributed by atoms with van der Waals surface area (Å²) in [4.78, 5) is 46.9. The van der Waals surface area contributed by atoms with Crippen molar-refractivity contribution in [2.24, 2.45) is 11.7 Å². The van der Waals surface area contributed by atoms with Gasteiger partial charge in [-0.1, -0.05) is 46.8 Å². The average Bonchev–Trinajstić information content (AvgIpc) is 2.61. The van der Waals surface area contributed by atoms with Crippen molar-refractivity contribution in [2.45, 2.75) is 46.1 Å². The van der Waals surface area contributed by atoms with Gasteiger partial charge in [-0.05, 0) is 29.0 Å². The van der Waals surface area contributed by atoms with Crippen LogP contribution in [0.4, 0.5) is 0 Å². The van der Waals surface area contributed by atoms with Gasteiger partial charge in [-0.3, -0.25) is 14.4 Å². The van der Waals surface area contributed by atoms with Gasteiger partial charge in [0.1, 0.15) is 6.04 Å². The third-order valence-electron chi connectivity index (χ3n) is 4.03. The van der Waals surface area contributed by atoms with Crippen molar-refractivity contribution in [3.63, 3.8) is 0 Å². The molecule has 0 fully saturated rings. The number of carbonyl (C=O) groups is 4. The predicted molar refractivity (Wildman–Crippen MR) is 104 cm³/mol. The molecule has 0 aliphatic heterocycles. The Bertz CT molecular complexity index is 720. The third-order valence-corrected chi connectivity index (χ3v) is 4.03. The summed E-state index contributed by atoms with van der Waals surface area (Å²) in [6.07, 6.45) is 0. The number of nitrogens with one attached hydrogen (secondary N) is 2. The second-order valence-corrected chi connectivity index (χ2v) is 7.87. The molecule has 0 aliphatic carbocycles. The molecule has 0 bridgehead atoms. The maximum absolute atomic E-state index is 12.5. The highest BCUT2D eigenvalue weighted by atomic mass is 16.5. The summed E-state index contributed by atoms with van der Waals surface area (Å²) < 4.78 is 4.94. The number of rotatable bonds is 8. The molecule has 0 heterocycles. The maximum atomic E-state index is 12.5. The van der Waals surface area contributed by atoms with Crippen LogP contribution in [0.25, 0.3) is 0 Å². The fraction of sp³-hybridized carbons (Fsp3) is 0.500. The number of carbonyl (C=O) groups excluding carboxylic acids is 4. The van der Waals surface area contributed by atoms with Crippen LogP contribution in [0, 0.1) is 5.92 Å². The summed E-state index contributed by atoms with van der Waals surface area (Å²) in [7, 11) is 0. The monoisotopic (exact) mass is 391 g/mol. The van der Waals surface area contributed by atoms with E-state index in [0.717, 1.165) is 5.56 Å². The van der Waals surface area contributed by atoms with Crippen LogP contribution in [-0.2, 0) is 24.5 Å². The Morgan fingerprint density at radius 2 is 1.64 bits per heavy atom.